The van der Waals surface area contributed by atoms with Gasteiger partial charge in [0, 0.05) is 18.2 Å². The smallest absolute Gasteiger partial charge is 0.325 e. The predicted octanol–water partition coefficient (Wildman–Crippen LogP) is 1.31. The number of rotatable bonds is 9. The van der Waals surface area contributed by atoms with Crippen molar-refractivity contribution in [2.24, 2.45) is 5.73 Å². The van der Waals surface area contributed by atoms with Gasteiger partial charge in [-0.05, 0) is 46.5 Å². The van der Waals surface area contributed by atoms with E-state index in [1.54, 1.807) is 6.07 Å². The van der Waals surface area contributed by atoms with Gasteiger partial charge in [0.15, 0.2) is 5.78 Å². The molecule has 3 rings (SSSR count). The van der Waals surface area contributed by atoms with Gasteiger partial charge in [-0.1, -0.05) is 30.0 Å². The van der Waals surface area contributed by atoms with Crippen LogP contribution in [0.4, 0.5) is 0 Å². The Morgan fingerprint density at radius 3 is 2.68 bits per heavy atom. The number of nitrogens with one attached hydrogen (secondary N) is 3. The maximum Gasteiger partial charge on any atom is 0.325 e. The molecule has 12 heteroatoms. The summed E-state index contributed by atoms with van der Waals surface area (Å²) in [5, 5.41) is 2.39. The van der Waals surface area contributed by atoms with Crippen molar-refractivity contribution in [2.45, 2.75) is 30.6 Å². The van der Waals surface area contributed by atoms with Crippen LogP contribution in [0.2, 0.25) is 0 Å². The Morgan fingerprint density at radius 1 is 1.26 bits per heavy atom. The lowest BCUT2D eigenvalue weighted by Crippen LogP contribution is -2.30. The number of thiocarbonyl (C=S) groups is 1. The number of amides is 1. The standard InChI is InChI=1S/C19H19BrN4O5S2/c20-10-6-9(7-14-17(27)24-19(30)31-14)3-4-13(10)29-5-1-2-12(25)16(21)11-8-15(26)23-18(28)22-11/h3-4,6,8,14,16H,1-2,5,7,21H2,(H,24,27,30)(H2,22,23,26,28). The van der Waals surface area contributed by atoms with Crippen LogP contribution < -0.4 is 27.0 Å². The second kappa shape index (κ2) is 10.4. The molecule has 1 aliphatic heterocycles. The third kappa shape index (κ3) is 6.35. The second-order valence-electron chi connectivity index (χ2n) is 6.79. The minimum Gasteiger partial charge on any atom is -0.492 e. The molecule has 164 valence electrons. The Kier molecular flexibility index (Phi) is 7.81. The lowest BCUT2D eigenvalue weighted by Gasteiger charge is -2.12. The number of aromatic nitrogens is 2. The first-order valence-electron chi connectivity index (χ1n) is 9.27. The first kappa shape index (κ1) is 23.4. The minimum absolute atomic E-state index is 0.0767. The number of carbonyl (C=O) groups is 2. The van der Waals surface area contributed by atoms with E-state index in [0.717, 1.165) is 16.1 Å². The fraction of sp³-hybridized carbons (Fsp3) is 0.316. The molecule has 2 aromatic rings. The SMILES string of the molecule is NC(C(=O)CCCOc1ccc(CC2SC(=S)NC2=O)cc1Br)c1cc(=O)[nH]c(=O)[nH]1. The average Bonchev–Trinajstić information content (AvgIpc) is 3.01. The van der Waals surface area contributed by atoms with E-state index in [2.05, 4.69) is 26.2 Å². The molecule has 1 aromatic heterocycles. The maximum absolute atomic E-state index is 12.2. The summed E-state index contributed by atoms with van der Waals surface area (Å²) in [5.74, 6) is 0.210. The summed E-state index contributed by atoms with van der Waals surface area (Å²) in [6, 6.07) is 5.57. The first-order chi connectivity index (χ1) is 14.7. The van der Waals surface area contributed by atoms with Crippen molar-refractivity contribution in [3.8, 4) is 5.75 Å². The summed E-state index contributed by atoms with van der Waals surface area (Å²) in [4.78, 5) is 51.1. The summed E-state index contributed by atoms with van der Waals surface area (Å²) < 4.78 is 6.95. The van der Waals surface area contributed by atoms with Gasteiger partial charge in [-0.25, -0.2) is 4.79 Å². The number of ether oxygens (including phenoxy) is 1. The number of H-pyrrole nitrogens is 2. The summed E-state index contributed by atoms with van der Waals surface area (Å²) in [7, 11) is 0. The number of carbonyl (C=O) groups excluding carboxylic acids is 2. The Hall–Kier alpha value is -2.28. The van der Waals surface area contributed by atoms with Gasteiger partial charge >= 0.3 is 5.69 Å². The molecule has 0 radical (unpaired) electrons. The van der Waals surface area contributed by atoms with E-state index >= 15 is 0 Å². The molecule has 2 atom stereocenters. The fourth-order valence-corrected chi connectivity index (χ4v) is 4.79. The van der Waals surface area contributed by atoms with Crippen molar-refractivity contribution < 1.29 is 14.3 Å². The van der Waals surface area contributed by atoms with E-state index in [1.165, 1.54) is 11.8 Å². The average molecular weight is 527 g/mol. The Morgan fingerprint density at radius 2 is 2.03 bits per heavy atom. The van der Waals surface area contributed by atoms with Gasteiger partial charge < -0.3 is 20.8 Å². The Balaban J connectivity index is 1.48. The van der Waals surface area contributed by atoms with E-state index in [9.17, 15) is 19.2 Å². The van der Waals surface area contributed by atoms with Crippen molar-refractivity contribution in [1.82, 2.24) is 15.3 Å². The number of thioether (sulfide) groups is 1. The molecule has 31 heavy (non-hydrogen) atoms. The summed E-state index contributed by atoms with van der Waals surface area (Å²) in [6.45, 7) is 0.275. The molecule has 5 N–H and O–H groups in total. The number of benzene rings is 1. The van der Waals surface area contributed by atoms with Gasteiger partial charge in [-0.3, -0.25) is 19.4 Å². The summed E-state index contributed by atoms with van der Waals surface area (Å²) in [5.41, 5.74) is 5.55. The number of hydrogen-bond donors (Lipinski definition) is 4. The van der Waals surface area contributed by atoms with Crippen LogP contribution in [0, 0.1) is 0 Å². The van der Waals surface area contributed by atoms with Gasteiger partial charge in [-0.2, -0.15) is 0 Å². The van der Waals surface area contributed by atoms with Gasteiger partial charge in [0.25, 0.3) is 5.56 Å². The molecule has 0 spiro atoms. The molecular weight excluding hydrogens is 508 g/mol. The molecule has 1 amide bonds. The zero-order valence-electron chi connectivity index (χ0n) is 16.1. The van der Waals surface area contributed by atoms with Crippen LogP contribution in [0.25, 0.3) is 0 Å². The highest BCUT2D eigenvalue weighted by Crippen LogP contribution is 2.29. The van der Waals surface area contributed by atoms with Gasteiger partial charge in [-0.15, -0.1) is 0 Å². The summed E-state index contributed by atoms with van der Waals surface area (Å²) in [6.07, 6.45) is 1.08. The van der Waals surface area contributed by atoms with Crippen molar-refractivity contribution in [1.29, 1.82) is 0 Å². The number of aromatic amines is 2. The van der Waals surface area contributed by atoms with Crippen LogP contribution in [0.3, 0.4) is 0 Å². The van der Waals surface area contributed by atoms with Gasteiger partial charge in [0.05, 0.1) is 16.3 Å². The van der Waals surface area contributed by atoms with E-state index in [1.807, 2.05) is 17.1 Å². The van der Waals surface area contributed by atoms with E-state index in [-0.39, 0.29) is 35.7 Å². The highest BCUT2D eigenvalue weighted by Gasteiger charge is 2.29. The second-order valence-corrected chi connectivity index (χ2v) is 9.53. The molecule has 9 nitrogen and oxygen atoms in total. The van der Waals surface area contributed by atoms with Crippen LogP contribution in [0.5, 0.6) is 5.75 Å². The fourth-order valence-electron chi connectivity index (χ4n) is 2.94. The highest BCUT2D eigenvalue weighted by molar-refractivity contribution is 9.10. The van der Waals surface area contributed by atoms with Crippen LogP contribution in [-0.2, 0) is 16.0 Å². The monoisotopic (exact) mass is 526 g/mol. The number of Topliss-reactive ketones (excluding diaryl/α,β-unsaturated/α-hetero) is 1. The van der Waals surface area contributed by atoms with Crippen LogP contribution in [0.15, 0.2) is 38.3 Å². The largest absolute Gasteiger partial charge is 0.492 e. The minimum atomic E-state index is -1.08. The molecule has 1 aliphatic rings. The van der Waals surface area contributed by atoms with Crippen molar-refractivity contribution in [2.75, 3.05) is 6.61 Å². The topological polar surface area (TPSA) is 147 Å². The molecule has 2 heterocycles. The van der Waals surface area contributed by atoms with Crippen LogP contribution in [-0.4, -0.2) is 37.8 Å². The third-order valence-corrected chi connectivity index (χ3v) is 6.46. The van der Waals surface area contributed by atoms with E-state index < -0.39 is 17.3 Å². The molecule has 1 fully saturated rings. The number of ketones is 1. The normalized spacial score (nSPS) is 16.8. The summed E-state index contributed by atoms with van der Waals surface area (Å²) >= 11 is 9.81. The molecule has 1 saturated heterocycles. The van der Waals surface area contributed by atoms with E-state index in [4.69, 9.17) is 22.7 Å². The molecule has 1 aromatic carbocycles. The number of nitrogens with two attached hydrogens (primary N) is 1. The lowest BCUT2D eigenvalue weighted by molar-refractivity contribution is -0.121. The maximum atomic E-state index is 12.2. The molecule has 0 bridgehead atoms. The van der Waals surface area contributed by atoms with Crippen LogP contribution >= 0.6 is 39.9 Å². The zero-order chi connectivity index (χ0) is 22.5. The van der Waals surface area contributed by atoms with Gasteiger partial charge in [0.2, 0.25) is 5.91 Å². The van der Waals surface area contributed by atoms with Crippen molar-refractivity contribution >= 4 is 55.9 Å². The first-order valence-corrected chi connectivity index (χ1v) is 11.4. The quantitative estimate of drug-likeness (QED) is 0.282. The molecular formula is C19H19BrN4O5S2. The van der Waals surface area contributed by atoms with Crippen molar-refractivity contribution in [3.05, 3.63) is 60.8 Å². The molecule has 2 unspecified atom stereocenters. The number of halogens is 1. The lowest BCUT2D eigenvalue weighted by atomic mass is 10.1. The highest BCUT2D eigenvalue weighted by atomic mass is 79.9. The predicted molar refractivity (Wildman–Crippen MR) is 124 cm³/mol. The van der Waals surface area contributed by atoms with Crippen LogP contribution in [0.1, 0.15) is 30.1 Å². The van der Waals surface area contributed by atoms with Gasteiger partial charge in [0.1, 0.15) is 16.1 Å². The van der Waals surface area contributed by atoms with E-state index in [0.29, 0.717) is 22.9 Å². The zero-order valence-corrected chi connectivity index (χ0v) is 19.3. The number of hydrogen-bond acceptors (Lipinski definition) is 8. The van der Waals surface area contributed by atoms with Crippen molar-refractivity contribution in [3.63, 3.8) is 0 Å². The molecule has 0 aliphatic carbocycles. The third-order valence-electron chi connectivity index (χ3n) is 4.47. The molecule has 0 saturated carbocycles. The Bertz CT molecular complexity index is 1100. The Labute approximate surface area is 194 Å².